The molecular weight excluding hydrogens is 627 g/mol. The molecule has 8 nitrogen and oxygen atoms in total. The Kier molecular flexibility index (Phi) is 12.7. The summed E-state index contributed by atoms with van der Waals surface area (Å²) in [7, 11) is 0. The van der Waals surface area contributed by atoms with Crippen LogP contribution in [0.2, 0.25) is 0 Å². The number of Topliss-reactive ketones (excluding diaryl/α,β-unsaturated/α-hetero) is 1. The van der Waals surface area contributed by atoms with Gasteiger partial charge in [0.1, 0.15) is 6.10 Å². The van der Waals surface area contributed by atoms with Crippen molar-refractivity contribution in [3.63, 3.8) is 0 Å². The van der Waals surface area contributed by atoms with Gasteiger partial charge in [-0.1, -0.05) is 84.8 Å². The van der Waals surface area contributed by atoms with Crippen LogP contribution in [0, 0.1) is 28.6 Å². The van der Waals surface area contributed by atoms with E-state index in [1.807, 2.05) is 34.6 Å². The van der Waals surface area contributed by atoms with Crippen LogP contribution in [0.15, 0.2) is 23.8 Å². The van der Waals surface area contributed by atoms with Crippen LogP contribution >= 0.6 is 0 Å². The van der Waals surface area contributed by atoms with Gasteiger partial charge in [0.15, 0.2) is 23.7 Å². The summed E-state index contributed by atoms with van der Waals surface area (Å²) in [6.07, 6.45) is 12.1. The molecule has 0 aromatic rings. The van der Waals surface area contributed by atoms with Crippen LogP contribution in [0.3, 0.4) is 0 Å². The summed E-state index contributed by atoms with van der Waals surface area (Å²) in [4.78, 5) is 66.7. The average Bonchev–Trinajstić information content (AvgIpc) is 3.27. The molecule has 49 heavy (non-hydrogen) atoms. The Morgan fingerprint density at radius 3 is 2.06 bits per heavy atom. The molecule has 0 unspecified atom stereocenters. The van der Waals surface area contributed by atoms with E-state index in [-0.39, 0.29) is 31.5 Å². The number of hydrogen-bond acceptors (Lipinski definition) is 8. The fourth-order valence-electron chi connectivity index (χ4n) is 9.82. The van der Waals surface area contributed by atoms with Crippen molar-refractivity contribution < 1.29 is 42.6 Å². The number of alkyl halides is 1. The largest absolute Gasteiger partial charge is 0.459 e. The van der Waals surface area contributed by atoms with Gasteiger partial charge in [-0.15, -0.1) is 0 Å². The highest BCUT2D eigenvalue weighted by Gasteiger charge is 2.78. The Hall–Kier alpha value is -2.84. The molecule has 8 atom stereocenters. The molecule has 0 N–H and O–H groups in total. The number of halogens is 1. The minimum atomic E-state index is -2.07. The molecule has 274 valence electrons. The maximum Gasteiger partial charge on any atom is 0.306 e. The monoisotopic (exact) mass is 686 g/mol. The first-order valence-electron chi connectivity index (χ1n) is 19.0. The van der Waals surface area contributed by atoms with Gasteiger partial charge in [-0.2, -0.15) is 0 Å². The van der Waals surface area contributed by atoms with E-state index in [2.05, 4.69) is 0 Å². The van der Waals surface area contributed by atoms with Gasteiger partial charge in [0.25, 0.3) is 0 Å². The fraction of sp³-hybridized carbons (Fsp3) is 0.775. The van der Waals surface area contributed by atoms with Crippen LogP contribution in [-0.2, 0) is 38.2 Å². The quantitative estimate of drug-likeness (QED) is 0.0854. The van der Waals surface area contributed by atoms with Crippen molar-refractivity contribution in [2.45, 2.75) is 162 Å². The summed E-state index contributed by atoms with van der Waals surface area (Å²) in [5.74, 6) is -3.80. The molecule has 4 aliphatic carbocycles. The smallest absolute Gasteiger partial charge is 0.306 e. The van der Waals surface area contributed by atoms with E-state index >= 15 is 4.39 Å². The van der Waals surface area contributed by atoms with Crippen LogP contribution in [0.4, 0.5) is 4.39 Å². The number of carbonyl (C=O) groups excluding carboxylic acids is 5. The number of ketones is 2. The lowest BCUT2D eigenvalue weighted by Crippen LogP contribution is -2.70. The zero-order chi connectivity index (χ0) is 36.0. The minimum absolute atomic E-state index is 0.0579. The lowest BCUT2D eigenvalue weighted by molar-refractivity contribution is -0.236. The standard InChI is InChI=1S/C40H59FO8/c1-7-10-13-16-34(44)47-26-32(43)40(49-36(46)18-15-12-9-3)27(4)23-31-30-20-19-28-24-29(42)21-22-37(28,5)39(30,41)33(25-38(31,40)6)48-35(45)17-14-11-8-2/h21-22,24,27,30-31,33H,7-20,23,25-26H2,1-6H3/t27-,30-,31-,33+,37+,38+,39+,40+/m1/s1. The van der Waals surface area contributed by atoms with Gasteiger partial charge in [-0.25, -0.2) is 4.39 Å². The average molecular weight is 687 g/mol. The molecule has 0 bridgehead atoms. The molecule has 0 aromatic carbocycles. The molecule has 0 spiro atoms. The number of ether oxygens (including phenoxy) is 3. The highest BCUT2D eigenvalue weighted by atomic mass is 19.1. The Morgan fingerprint density at radius 2 is 1.45 bits per heavy atom. The van der Waals surface area contributed by atoms with Gasteiger partial charge in [0.2, 0.25) is 5.78 Å². The van der Waals surface area contributed by atoms with Gasteiger partial charge >= 0.3 is 17.9 Å². The maximum absolute atomic E-state index is 18.6. The lowest BCUT2D eigenvalue weighted by Gasteiger charge is -2.63. The zero-order valence-electron chi connectivity index (χ0n) is 30.7. The molecule has 0 saturated heterocycles. The molecule has 0 aliphatic heterocycles. The third kappa shape index (κ3) is 7.19. The van der Waals surface area contributed by atoms with Crippen molar-refractivity contribution in [2.75, 3.05) is 6.61 Å². The van der Waals surface area contributed by atoms with Crippen molar-refractivity contribution in [1.29, 1.82) is 0 Å². The van der Waals surface area contributed by atoms with Crippen molar-refractivity contribution in [3.05, 3.63) is 23.8 Å². The van der Waals surface area contributed by atoms with Crippen molar-refractivity contribution in [1.82, 2.24) is 0 Å². The van der Waals surface area contributed by atoms with E-state index in [0.29, 0.717) is 44.1 Å². The molecule has 9 heteroatoms. The van der Waals surface area contributed by atoms with E-state index < -0.39 is 76.3 Å². The Balaban J connectivity index is 1.79. The van der Waals surface area contributed by atoms with Gasteiger partial charge in [-0.3, -0.25) is 24.0 Å². The second-order valence-corrected chi connectivity index (χ2v) is 15.5. The Labute approximate surface area is 292 Å². The molecule has 3 fully saturated rings. The van der Waals surface area contributed by atoms with Crippen molar-refractivity contribution in [2.24, 2.45) is 28.6 Å². The first-order chi connectivity index (χ1) is 23.2. The third-order valence-corrected chi connectivity index (χ3v) is 12.4. The van der Waals surface area contributed by atoms with Crippen LogP contribution in [-0.4, -0.2) is 53.5 Å². The Morgan fingerprint density at radius 1 is 0.857 bits per heavy atom. The predicted molar refractivity (Wildman–Crippen MR) is 184 cm³/mol. The molecule has 0 aromatic heterocycles. The topological polar surface area (TPSA) is 113 Å². The summed E-state index contributed by atoms with van der Waals surface area (Å²) >= 11 is 0. The normalized spacial score (nSPS) is 34.7. The van der Waals surface area contributed by atoms with Crippen molar-refractivity contribution in [3.8, 4) is 0 Å². The second kappa shape index (κ2) is 16.0. The van der Waals surface area contributed by atoms with Crippen LogP contribution < -0.4 is 0 Å². The summed E-state index contributed by atoms with van der Waals surface area (Å²) in [5.41, 5.74) is -5.44. The molecule has 4 rings (SSSR count). The first-order valence-corrected chi connectivity index (χ1v) is 19.0. The van der Waals surface area contributed by atoms with E-state index in [1.165, 1.54) is 12.2 Å². The molecular formula is C40H59FO8. The number of esters is 3. The van der Waals surface area contributed by atoms with Gasteiger partial charge in [0, 0.05) is 41.9 Å². The van der Waals surface area contributed by atoms with Gasteiger partial charge < -0.3 is 14.2 Å². The fourth-order valence-corrected chi connectivity index (χ4v) is 9.82. The molecule has 3 saturated carbocycles. The van der Waals surface area contributed by atoms with Crippen molar-refractivity contribution >= 4 is 29.5 Å². The molecule has 4 aliphatic rings. The highest BCUT2D eigenvalue weighted by Crippen LogP contribution is 2.72. The third-order valence-electron chi connectivity index (χ3n) is 12.4. The highest BCUT2D eigenvalue weighted by molar-refractivity contribution is 6.01. The summed E-state index contributed by atoms with van der Waals surface area (Å²) in [6, 6.07) is 0. The minimum Gasteiger partial charge on any atom is -0.459 e. The number of fused-ring (bicyclic) bond motifs is 5. The van der Waals surface area contributed by atoms with Crippen LogP contribution in [0.5, 0.6) is 0 Å². The summed E-state index contributed by atoms with van der Waals surface area (Å²) in [6.45, 7) is 11.1. The number of hydrogen-bond donors (Lipinski definition) is 0. The van der Waals surface area contributed by atoms with Crippen LogP contribution in [0.25, 0.3) is 0 Å². The van der Waals surface area contributed by atoms with Crippen LogP contribution in [0.1, 0.15) is 144 Å². The zero-order valence-corrected chi connectivity index (χ0v) is 30.7. The number of unbranched alkanes of at least 4 members (excludes halogenated alkanes) is 6. The van der Waals surface area contributed by atoms with E-state index in [9.17, 15) is 24.0 Å². The number of allylic oxidation sites excluding steroid dienone is 4. The van der Waals surface area contributed by atoms with E-state index in [1.54, 1.807) is 13.0 Å². The summed E-state index contributed by atoms with van der Waals surface area (Å²) < 4.78 is 36.7. The molecule has 0 amide bonds. The second-order valence-electron chi connectivity index (χ2n) is 15.5. The summed E-state index contributed by atoms with van der Waals surface area (Å²) in [5, 5.41) is 0. The molecule has 0 radical (unpaired) electrons. The molecule has 0 heterocycles. The van der Waals surface area contributed by atoms with Gasteiger partial charge in [-0.05, 0) is 69.9 Å². The number of carbonyl (C=O) groups is 5. The maximum atomic E-state index is 18.6. The number of rotatable bonds is 17. The SMILES string of the molecule is CCCCCC(=O)OCC(=O)[C@@]1(OC(=O)CCCCC)[C@H](C)C[C@@H]2[C@H]3CCC4=CC(=O)C=C[C@]4(C)[C@@]3(F)[C@@H](OC(=O)CCCCC)C[C@@]21C. The van der Waals surface area contributed by atoms with E-state index in [0.717, 1.165) is 38.5 Å². The first kappa shape index (κ1) is 39.0. The predicted octanol–water partition coefficient (Wildman–Crippen LogP) is 8.29. The Bertz CT molecular complexity index is 1320. The van der Waals surface area contributed by atoms with Gasteiger partial charge in [0.05, 0.1) is 0 Å². The van der Waals surface area contributed by atoms with E-state index in [4.69, 9.17) is 14.2 Å². The lowest BCUT2D eigenvalue weighted by atomic mass is 9.44.